The Bertz CT molecular complexity index is 451. The SMILES string of the molecule is Cc1ccc(C2CC(C)(O)C3CCC(C)CC3O2)s1. The monoisotopic (exact) mass is 280 g/mol. The first kappa shape index (κ1) is 13.6. The van der Waals surface area contributed by atoms with E-state index in [0.29, 0.717) is 5.92 Å². The summed E-state index contributed by atoms with van der Waals surface area (Å²) in [5.41, 5.74) is -0.578. The Hall–Kier alpha value is -0.380. The van der Waals surface area contributed by atoms with Crippen LogP contribution in [0.25, 0.3) is 0 Å². The molecule has 2 aliphatic rings. The van der Waals surface area contributed by atoms with Crippen LogP contribution in [0.1, 0.15) is 55.4 Å². The van der Waals surface area contributed by atoms with Crippen LogP contribution >= 0.6 is 11.3 Å². The number of thiophene rings is 1. The fraction of sp³-hybridized carbons (Fsp3) is 0.750. The lowest BCUT2D eigenvalue weighted by Crippen LogP contribution is -2.51. The molecule has 0 bridgehead atoms. The van der Waals surface area contributed by atoms with Gasteiger partial charge in [-0.3, -0.25) is 0 Å². The third-order valence-electron chi connectivity index (χ3n) is 4.87. The van der Waals surface area contributed by atoms with Gasteiger partial charge in [-0.2, -0.15) is 0 Å². The second-order valence-corrected chi connectivity index (χ2v) is 8.02. The summed E-state index contributed by atoms with van der Waals surface area (Å²) in [5.74, 6) is 1.04. The maximum absolute atomic E-state index is 10.8. The Labute approximate surface area is 119 Å². The van der Waals surface area contributed by atoms with Crippen molar-refractivity contribution in [1.82, 2.24) is 0 Å². The zero-order valence-electron chi connectivity index (χ0n) is 12.1. The first-order valence-corrected chi connectivity index (χ1v) is 8.21. The lowest BCUT2D eigenvalue weighted by molar-refractivity contribution is -0.196. The molecular formula is C16H24O2S. The smallest absolute Gasteiger partial charge is 0.0948 e. The Kier molecular flexibility index (Phi) is 3.48. The molecule has 19 heavy (non-hydrogen) atoms. The van der Waals surface area contributed by atoms with Gasteiger partial charge < -0.3 is 9.84 Å². The van der Waals surface area contributed by atoms with Crippen molar-refractivity contribution in [1.29, 1.82) is 0 Å². The van der Waals surface area contributed by atoms with Crippen molar-refractivity contribution in [2.45, 2.75) is 64.3 Å². The summed E-state index contributed by atoms with van der Waals surface area (Å²) in [6.07, 6.45) is 4.49. The molecule has 3 heteroatoms. The molecule has 5 atom stereocenters. The first-order valence-electron chi connectivity index (χ1n) is 7.40. The first-order chi connectivity index (χ1) is 8.95. The van der Waals surface area contributed by atoms with Gasteiger partial charge in [0, 0.05) is 22.1 Å². The van der Waals surface area contributed by atoms with Crippen LogP contribution in [-0.2, 0) is 4.74 Å². The second kappa shape index (κ2) is 4.87. The second-order valence-electron chi connectivity index (χ2n) is 6.70. The zero-order valence-corrected chi connectivity index (χ0v) is 12.9. The van der Waals surface area contributed by atoms with E-state index in [4.69, 9.17) is 4.74 Å². The molecule has 0 radical (unpaired) electrons. The summed E-state index contributed by atoms with van der Waals surface area (Å²) in [5, 5.41) is 10.8. The van der Waals surface area contributed by atoms with E-state index < -0.39 is 5.60 Å². The van der Waals surface area contributed by atoms with Crippen molar-refractivity contribution in [3.63, 3.8) is 0 Å². The minimum Gasteiger partial charge on any atom is -0.390 e. The molecule has 106 valence electrons. The van der Waals surface area contributed by atoms with E-state index in [-0.39, 0.29) is 12.2 Å². The van der Waals surface area contributed by atoms with E-state index in [2.05, 4.69) is 26.0 Å². The van der Waals surface area contributed by atoms with Gasteiger partial charge in [0.05, 0.1) is 17.8 Å². The highest BCUT2D eigenvalue weighted by Crippen LogP contribution is 2.48. The fourth-order valence-corrected chi connectivity index (χ4v) is 4.68. The minimum atomic E-state index is -0.578. The molecule has 2 nitrogen and oxygen atoms in total. The van der Waals surface area contributed by atoms with Crippen LogP contribution in [0.2, 0.25) is 0 Å². The number of hydrogen-bond donors (Lipinski definition) is 1. The normalized spacial score (nSPS) is 42.9. The van der Waals surface area contributed by atoms with Crippen molar-refractivity contribution in [3.05, 3.63) is 21.9 Å². The van der Waals surface area contributed by atoms with E-state index in [1.165, 1.54) is 16.2 Å². The highest BCUT2D eigenvalue weighted by atomic mass is 32.1. The fourth-order valence-electron chi connectivity index (χ4n) is 3.77. The number of ether oxygens (including phenoxy) is 1. The maximum Gasteiger partial charge on any atom is 0.0948 e. The molecule has 1 saturated heterocycles. The molecule has 1 aliphatic carbocycles. The van der Waals surface area contributed by atoms with Crippen molar-refractivity contribution in [2.24, 2.45) is 11.8 Å². The molecular weight excluding hydrogens is 256 g/mol. The summed E-state index contributed by atoms with van der Waals surface area (Å²) in [4.78, 5) is 2.59. The third-order valence-corrected chi connectivity index (χ3v) is 5.96. The molecule has 1 N–H and O–H groups in total. The molecule has 1 aliphatic heterocycles. The molecule has 0 spiro atoms. The Balaban J connectivity index is 1.82. The van der Waals surface area contributed by atoms with Gasteiger partial charge in [0.1, 0.15) is 0 Å². The topological polar surface area (TPSA) is 29.5 Å². The van der Waals surface area contributed by atoms with E-state index in [1.807, 2.05) is 6.92 Å². The van der Waals surface area contributed by atoms with Gasteiger partial charge in [-0.15, -0.1) is 11.3 Å². The van der Waals surface area contributed by atoms with Crippen molar-refractivity contribution >= 4 is 11.3 Å². The van der Waals surface area contributed by atoms with Gasteiger partial charge in [-0.1, -0.05) is 13.3 Å². The van der Waals surface area contributed by atoms with Crippen molar-refractivity contribution in [3.8, 4) is 0 Å². The average Bonchev–Trinajstić information content (AvgIpc) is 2.74. The lowest BCUT2D eigenvalue weighted by atomic mass is 9.69. The standard InChI is InChI=1S/C16H24O2S/c1-10-4-6-12-13(8-10)18-14(9-16(12,3)17)15-7-5-11(2)19-15/h5,7,10,12-14,17H,4,6,8-9H2,1-3H3. The lowest BCUT2D eigenvalue weighted by Gasteiger charge is -2.49. The summed E-state index contributed by atoms with van der Waals surface area (Å²) in [7, 11) is 0. The van der Waals surface area contributed by atoms with Crippen LogP contribution in [-0.4, -0.2) is 16.8 Å². The molecule has 2 heterocycles. The van der Waals surface area contributed by atoms with Crippen LogP contribution in [0.15, 0.2) is 12.1 Å². The number of rotatable bonds is 1. The van der Waals surface area contributed by atoms with E-state index in [9.17, 15) is 5.11 Å². The Morgan fingerprint density at radius 1 is 1.37 bits per heavy atom. The van der Waals surface area contributed by atoms with Crippen LogP contribution in [0.5, 0.6) is 0 Å². The van der Waals surface area contributed by atoms with E-state index in [1.54, 1.807) is 11.3 Å². The predicted molar refractivity (Wildman–Crippen MR) is 78.4 cm³/mol. The molecule has 1 saturated carbocycles. The number of fused-ring (bicyclic) bond motifs is 1. The molecule has 1 aromatic rings. The van der Waals surface area contributed by atoms with E-state index in [0.717, 1.165) is 25.2 Å². The minimum absolute atomic E-state index is 0.0836. The number of aliphatic hydroxyl groups is 1. The molecule has 0 amide bonds. The zero-order chi connectivity index (χ0) is 13.6. The molecule has 5 unspecified atom stereocenters. The number of aryl methyl sites for hydroxylation is 1. The van der Waals surface area contributed by atoms with Crippen LogP contribution in [0.4, 0.5) is 0 Å². The Morgan fingerprint density at radius 2 is 2.16 bits per heavy atom. The third kappa shape index (κ3) is 2.61. The van der Waals surface area contributed by atoms with Crippen LogP contribution in [0, 0.1) is 18.8 Å². The van der Waals surface area contributed by atoms with Gasteiger partial charge >= 0.3 is 0 Å². The molecule has 1 aromatic heterocycles. The van der Waals surface area contributed by atoms with Gasteiger partial charge in [0.25, 0.3) is 0 Å². The predicted octanol–water partition coefficient (Wildman–Crippen LogP) is 4.07. The van der Waals surface area contributed by atoms with Gasteiger partial charge in [-0.05, 0) is 44.7 Å². The van der Waals surface area contributed by atoms with Gasteiger partial charge in [0.2, 0.25) is 0 Å². The largest absolute Gasteiger partial charge is 0.390 e. The highest BCUT2D eigenvalue weighted by Gasteiger charge is 2.47. The molecule has 3 rings (SSSR count). The summed E-state index contributed by atoms with van der Waals surface area (Å²) in [6, 6.07) is 4.31. The van der Waals surface area contributed by atoms with Gasteiger partial charge in [-0.25, -0.2) is 0 Å². The van der Waals surface area contributed by atoms with Gasteiger partial charge in [0.15, 0.2) is 0 Å². The summed E-state index contributed by atoms with van der Waals surface area (Å²) in [6.45, 7) is 6.43. The molecule has 2 fully saturated rings. The molecule has 0 aromatic carbocycles. The highest BCUT2D eigenvalue weighted by molar-refractivity contribution is 7.12. The van der Waals surface area contributed by atoms with Crippen LogP contribution in [0.3, 0.4) is 0 Å². The van der Waals surface area contributed by atoms with Crippen molar-refractivity contribution in [2.75, 3.05) is 0 Å². The maximum atomic E-state index is 10.8. The quantitative estimate of drug-likeness (QED) is 0.840. The number of hydrogen-bond acceptors (Lipinski definition) is 3. The van der Waals surface area contributed by atoms with E-state index >= 15 is 0 Å². The summed E-state index contributed by atoms with van der Waals surface area (Å²) >= 11 is 1.80. The van der Waals surface area contributed by atoms with Crippen LogP contribution < -0.4 is 0 Å². The Morgan fingerprint density at radius 3 is 2.84 bits per heavy atom. The average molecular weight is 280 g/mol. The summed E-state index contributed by atoms with van der Waals surface area (Å²) < 4.78 is 6.35. The van der Waals surface area contributed by atoms with Crippen molar-refractivity contribution < 1.29 is 9.84 Å².